The Bertz CT molecular complexity index is 540. The maximum absolute atomic E-state index is 13.4. The third-order valence-electron chi connectivity index (χ3n) is 2.90. The number of halogens is 3. The topological polar surface area (TPSA) is 20.2 Å². The molecule has 1 N–H and O–H groups in total. The lowest BCUT2D eigenvalue weighted by molar-refractivity contribution is 0.158. The van der Waals surface area contributed by atoms with Crippen molar-refractivity contribution < 1.29 is 18.3 Å². The van der Waals surface area contributed by atoms with Crippen LogP contribution in [0.15, 0.2) is 29.6 Å². The first-order valence-electron chi connectivity index (χ1n) is 5.93. The average Bonchev–Trinajstić information content (AvgIpc) is 2.89. The van der Waals surface area contributed by atoms with E-state index in [9.17, 15) is 18.3 Å². The van der Waals surface area contributed by atoms with Crippen LogP contribution in [-0.4, -0.2) is 5.11 Å². The molecule has 0 bridgehead atoms. The summed E-state index contributed by atoms with van der Waals surface area (Å²) in [7, 11) is 0. The molecule has 0 saturated carbocycles. The molecule has 0 spiro atoms. The smallest absolute Gasteiger partial charge is 0.194 e. The van der Waals surface area contributed by atoms with E-state index < -0.39 is 23.6 Å². The van der Waals surface area contributed by atoms with E-state index in [1.807, 2.05) is 17.5 Å². The molecule has 1 aromatic heterocycles. The van der Waals surface area contributed by atoms with E-state index in [0.29, 0.717) is 12.8 Å². The molecule has 2 aromatic rings. The van der Waals surface area contributed by atoms with Gasteiger partial charge in [-0.25, -0.2) is 13.2 Å². The largest absolute Gasteiger partial charge is 0.388 e. The maximum Gasteiger partial charge on any atom is 0.194 e. The van der Waals surface area contributed by atoms with Crippen molar-refractivity contribution in [3.8, 4) is 0 Å². The SMILES string of the molecule is OC(CCCc1cccs1)c1ccc(F)c(F)c1F. The number of aliphatic hydroxyl groups excluding tert-OH is 1. The molecule has 0 amide bonds. The number of benzene rings is 1. The predicted octanol–water partition coefficient (Wildman–Crippen LogP) is 4.22. The monoisotopic (exact) mass is 286 g/mol. The van der Waals surface area contributed by atoms with E-state index in [-0.39, 0.29) is 5.56 Å². The molecular formula is C14H13F3OS. The van der Waals surface area contributed by atoms with Crippen molar-refractivity contribution in [2.45, 2.75) is 25.4 Å². The minimum Gasteiger partial charge on any atom is -0.388 e. The summed E-state index contributed by atoms with van der Waals surface area (Å²) in [5.41, 5.74) is -0.190. The van der Waals surface area contributed by atoms with Crippen LogP contribution in [0.4, 0.5) is 13.2 Å². The first kappa shape index (κ1) is 14.1. The van der Waals surface area contributed by atoms with Crippen LogP contribution in [0, 0.1) is 17.5 Å². The van der Waals surface area contributed by atoms with Crippen molar-refractivity contribution in [2.75, 3.05) is 0 Å². The van der Waals surface area contributed by atoms with Gasteiger partial charge in [-0.3, -0.25) is 0 Å². The van der Waals surface area contributed by atoms with Crippen LogP contribution in [0.5, 0.6) is 0 Å². The summed E-state index contributed by atoms with van der Waals surface area (Å²) in [5.74, 6) is -4.08. The van der Waals surface area contributed by atoms with Gasteiger partial charge in [0.2, 0.25) is 0 Å². The highest BCUT2D eigenvalue weighted by molar-refractivity contribution is 7.09. The molecule has 1 nitrogen and oxygen atoms in total. The fourth-order valence-corrected chi connectivity index (χ4v) is 2.63. The van der Waals surface area contributed by atoms with Crippen LogP contribution in [0.1, 0.15) is 29.4 Å². The summed E-state index contributed by atoms with van der Waals surface area (Å²) in [6.45, 7) is 0. The summed E-state index contributed by atoms with van der Waals surface area (Å²) < 4.78 is 39.2. The van der Waals surface area contributed by atoms with Crippen molar-refractivity contribution in [3.05, 3.63) is 57.5 Å². The number of rotatable bonds is 5. The second-order valence-electron chi connectivity index (χ2n) is 4.25. The minimum atomic E-state index is -1.53. The van der Waals surface area contributed by atoms with Crippen molar-refractivity contribution >= 4 is 11.3 Å². The molecule has 2 rings (SSSR count). The number of aryl methyl sites for hydroxylation is 1. The molecule has 1 unspecified atom stereocenters. The van der Waals surface area contributed by atoms with Gasteiger partial charge in [-0.1, -0.05) is 12.1 Å². The van der Waals surface area contributed by atoms with Gasteiger partial charge in [0, 0.05) is 10.4 Å². The first-order valence-corrected chi connectivity index (χ1v) is 6.81. The van der Waals surface area contributed by atoms with Crippen LogP contribution in [0.3, 0.4) is 0 Å². The van der Waals surface area contributed by atoms with E-state index >= 15 is 0 Å². The van der Waals surface area contributed by atoms with Gasteiger partial charge in [-0.2, -0.15) is 0 Å². The van der Waals surface area contributed by atoms with Gasteiger partial charge in [0.25, 0.3) is 0 Å². The van der Waals surface area contributed by atoms with Crippen molar-refractivity contribution in [1.29, 1.82) is 0 Å². The Morgan fingerprint density at radius 3 is 2.58 bits per heavy atom. The van der Waals surface area contributed by atoms with E-state index in [1.165, 1.54) is 4.88 Å². The number of thiophene rings is 1. The molecule has 19 heavy (non-hydrogen) atoms. The van der Waals surface area contributed by atoms with E-state index in [2.05, 4.69) is 0 Å². The van der Waals surface area contributed by atoms with Crippen LogP contribution in [0.2, 0.25) is 0 Å². The van der Waals surface area contributed by atoms with Gasteiger partial charge < -0.3 is 5.11 Å². The second-order valence-corrected chi connectivity index (χ2v) is 5.28. The van der Waals surface area contributed by atoms with E-state index in [1.54, 1.807) is 11.3 Å². The Labute approximate surface area is 113 Å². The molecule has 5 heteroatoms. The molecule has 0 radical (unpaired) electrons. The Balaban J connectivity index is 1.96. The summed E-state index contributed by atoms with van der Waals surface area (Å²) in [6.07, 6.45) is 0.620. The molecule has 0 saturated heterocycles. The average molecular weight is 286 g/mol. The van der Waals surface area contributed by atoms with Crippen molar-refractivity contribution in [3.63, 3.8) is 0 Å². The van der Waals surface area contributed by atoms with Crippen molar-refractivity contribution in [2.24, 2.45) is 0 Å². The Morgan fingerprint density at radius 2 is 1.89 bits per heavy atom. The highest BCUT2D eigenvalue weighted by atomic mass is 32.1. The van der Waals surface area contributed by atoms with Gasteiger partial charge in [0.05, 0.1) is 6.10 Å². The third-order valence-corrected chi connectivity index (χ3v) is 3.84. The second kappa shape index (κ2) is 6.21. The van der Waals surface area contributed by atoms with Crippen LogP contribution >= 0.6 is 11.3 Å². The number of hydrogen-bond donors (Lipinski definition) is 1. The highest BCUT2D eigenvalue weighted by Crippen LogP contribution is 2.25. The van der Waals surface area contributed by atoms with Gasteiger partial charge in [-0.05, 0) is 36.8 Å². The Morgan fingerprint density at radius 1 is 1.11 bits per heavy atom. The standard InChI is InChI=1S/C14H13F3OS/c15-11-7-6-10(13(16)14(11)17)12(18)5-1-3-9-4-2-8-19-9/h2,4,6-8,12,18H,1,3,5H2. The summed E-state index contributed by atoms with van der Waals surface area (Å²) in [5, 5.41) is 11.8. The Kier molecular flexibility index (Phi) is 4.61. The molecule has 1 heterocycles. The van der Waals surface area contributed by atoms with Crippen LogP contribution in [0.25, 0.3) is 0 Å². The van der Waals surface area contributed by atoms with E-state index in [0.717, 1.165) is 18.6 Å². The minimum absolute atomic E-state index is 0.190. The lowest BCUT2D eigenvalue weighted by Gasteiger charge is -2.12. The van der Waals surface area contributed by atoms with Gasteiger partial charge in [-0.15, -0.1) is 11.3 Å². The lowest BCUT2D eigenvalue weighted by Crippen LogP contribution is -2.04. The van der Waals surface area contributed by atoms with Gasteiger partial charge in [0.1, 0.15) is 0 Å². The molecule has 1 aromatic carbocycles. The maximum atomic E-state index is 13.4. The van der Waals surface area contributed by atoms with Gasteiger partial charge in [0.15, 0.2) is 17.5 Å². The fraction of sp³-hybridized carbons (Fsp3) is 0.286. The lowest BCUT2D eigenvalue weighted by atomic mass is 10.0. The molecule has 102 valence electrons. The van der Waals surface area contributed by atoms with E-state index in [4.69, 9.17) is 0 Å². The third kappa shape index (κ3) is 3.36. The first-order chi connectivity index (χ1) is 9.09. The zero-order valence-electron chi connectivity index (χ0n) is 10.1. The molecule has 0 fully saturated rings. The number of aliphatic hydroxyl groups is 1. The highest BCUT2D eigenvalue weighted by Gasteiger charge is 2.18. The normalized spacial score (nSPS) is 12.6. The summed E-state index contributed by atoms with van der Waals surface area (Å²) in [6, 6.07) is 5.83. The quantitative estimate of drug-likeness (QED) is 0.816. The Hall–Kier alpha value is -1.33. The summed E-state index contributed by atoms with van der Waals surface area (Å²) >= 11 is 1.61. The zero-order valence-corrected chi connectivity index (χ0v) is 10.9. The van der Waals surface area contributed by atoms with Gasteiger partial charge >= 0.3 is 0 Å². The summed E-state index contributed by atoms with van der Waals surface area (Å²) in [4.78, 5) is 1.18. The molecular weight excluding hydrogens is 273 g/mol. The number of hydrogen-bond acceptors (Lipinski definition) is 2. The molecule has 0 aliphatic heterocycles. The van der Waals surface area contributed by atoms with Crippen LogP contribution in [-0.2, 0) is 6.42 Å². The molecule has 0 aliphatic rings. The fourth-order valence-electron chi connectivity index (χ4n) is 1.88. The molecule has 1 atom stereocenters. The van der Waals surface area contributed by atoms with Crippen LogP contribution < -0.4 is 0 Å². The zero-order chi connectivity index (χ0) is 13.8. The predicted molar refractivity (Wildman–Crippen MR) is 68.5 cm³/mol. The van der Waals surface area contributed by atoms with Crippen molar-refractivity contribution in [1.82, 2.24) is 0 Å². The molecule has 0 aliphatic carbocycles.